The van der Waals surface area contributed by atoms with Crippen LogP contribution < -0.4 is 15.4 Å². The number of aromatic nitrogens is 1. The fraction of sp³-hybridized carbons (Fsp3) is 0.294. The monoisotopic (exact) mass is 409 g/mol. The number of halogens is 2. The topological polar surface area (TPSA) is 68.4 Å². The molecule has 1 aliphatic rings. The lowest BCUT2D eigenvalue weighted by Crippen LogP contribution is -2.24. The van der Waals surface area contributed by atoms with Crippen molar-refractivity contribution in [3.63, 3.8) is 0 Å². The summed E-state index contributed by atoms with van der Waals surface area (Å²) in [6.45, 7) is 0.836. The number of anilines is 1. The van der Waals surface area contributed by atoms with Gasteiger partial charge in [0, 0.05) is 22.8 Å². The third kappa shape index (κ3) is 3.21. The second kappa shape index (κ2) is 6.99. The Balaban J connectivity index is 2.00. The van der Waals surface area contributed by atoms with Crippen LogP contribution in [0, 0.1) is 0 Å². The minimum atomic E-state index is -0.539. The number of nitrogens with two attached hydrogens (primary N) is 1. The van der Waals surface area contributed by atoms with E-state index < -0.39 is 5.91 Å². The molecule has 1 amide bonds. The predicted octanol–water partition coefficient (Wildman–Crippen LogP) is 3.95. The van der Waals surface area contributed by atoms with E-state index in [4.69, 9.17) is 22.1 Å². The molecule has 1 aromatic heterocycles. The van der Waals surface area contributed by atoms with Crippen LogP contribution in [0.15, 0.2) is 34.9 Å². The molecule has 2 heterocycles. The van der Waals surface area contributed by atoms with Gasteiger partial charge >= 0.3 is 0 Å². The van der Waals surface area contributed by atoms with Gasteiger partial charge in [0.25, 0.3) is 0 Å². The third-order valence-electron chi connectivity index (χ3n) is 4.18. The molecule has 24 heavy (non-hydrogen) atoms. The van der Waals surface area contributed by atoms with E-state index in [0.717, 1.165) is 35.2 Å². The van der Waals surface area contributed by atoms with Gasteiger partial charge in [-0.2, -0.15) is 0 Å². The van der Waals surface area contributed by atoms with Gasteiger partial charge in [-0.25, -0.2) is 4.98 Å². The second-order valence-electron chi connectivity index (χ2n) is 5.63. The predicted molar refractivity (Wildman–Crippen MR) is 97.8 cm³/mol. The van der Waals surface area contributed by atoms with Crippen LogP contribution in [0.25, 0.3) is 0 Å². The molecular formula is C17H17BrClN3O2. The Kier molecular flexibility index (Phi) is 4.96. The van der Waals surface area contributed by atoms with E-state index in [9.17, 15) is 4.79 Å². The number of amides is 1. The number of hydrogen-bond donors (Lipinski definition) is 1. The van der Waals surface area contributed by atoms with E-state index in [-0.39, 0.29) is 6.04 Å². The van der Waals surface area contributed by atoms with Gasteiger partial charge in [0.2, 0.25) is 5.91 Å². The van der Waals surface area contributed by atoms with Gasteiger partial charge in [0.05, 0.1) is 23.7 Å². The summed E-state index contributed by atoms with van der Waals surface area (Å²) < 4.78 is 6.51. The summed E-state index contributed by atoms with van der Waals surface area (Å²) in [5, 5.41) is 0.423. The van der Waals surface area contributed by atoms with Crippen LogP contribution in [0.2, 0.25) is 5.02 Å². The van der Waals surface area contributed by atoms with E-state index >= 15 is 0 Å². The van der Waals surface area contributed by atoms with Crippen molar-refractivity contribution in [2.45, 2.75) is 18.9 Å². The highest BCUT2D eigenvalue weighted by Gasteiger charge is 2.31. The standard InChI is InChI=1S/C17H17BrClN3O2/c1-24-15-5-4-11(18)8-12(15)14-3-2-6-22(14)17-13(19)7-10(9-21-17)16(20)23/h4-5,7-9,14H,2-3,6H2,1H3,(H2,20,23). The SMILES string of the molecule is COc1ccc(Br)cc1C1CCCN1c1ncc(C(N)=O)cc1Cl. The third-order valence-corrected chi connectivity index (χ3v) is 4.95. The first-order valence-corrected chi connectivity index (χ1v) is 8.73. The highest BCUT2D eigenvalue weighted by Crippen LogP contribution is 2.42. The number of hydrogen-bond acceptors (Lipinski definition) is 4. The van der Waals surface area contributed by atoms with Crippen LogP contribution in [-0.4, -0.2) is 24.5 Å². The van der Waals surface area contributed by atoms with Crippen LogP contribution in [-0.2, 0) is 0 Å². The molecule has 1 atom stereocenters. The smallest absolute Gasteiger partial charge is 0.250 e. The molecule has 1 fully saturated rings. The molecule has 1 unspecified atom stereocenters. The maximum absolute atomic E-state index is 11.3. The zero-order valence-corrected chi connectivity index (χ0v) is 15.5. The van der Waals surface area contributed by atoms with Crippen LogP contribution in [0.4, 0.5) is 5.82 Å². The van der Waals surface area contributed by atoms with Crippen molar-refractivity contribution in [3.05, 3.63) is 51.1 Å². The number of ether oxygens (including phenoxy) is 1. The first-order chi connectivity index (χ1) is 11.5. The Bertz CT molecular complexity index is 784. The van der Waals surface area contributed by atoms with Gasteiger partial charge in [0.15, 0.2) is 0 Å². The van der Waals surface area contributed by atoms with Crippen molar-refractivity contribution in [1.29, 1.82) is 0 Å². The molecule has 0 radical (unpaired) electrons. The lowest BCUT2D eigenvalue weighted by Gasteiger charge is -2.28. The van der Waals surface area contributed by atoms with E-state index in [1.807, 2.05) is 12.1 Å². The van der Waals surface area contributed by atoms with Gasteiger partial charge in [-0.15, -0.1) is 0 Å². The van der Waals surface area contributed by atoms with Crippen molar-refractivity contribution < 1.29 is 9.53 Å². The number of carbonyl (C=O) groups excluding carboxylic acids is 1. The van der Waals surface area contributed by atoms with Crippen LogP contribution in [0.3, 0.4) is 0 Å². The maximum atomic E-state index is 11.3. The minimum Gasteiger partial charge on any atom is -0.496 e. The number of nitrogens with zero attached hydrogens (tertiary/aromatic N) is 2. The van der Waals surface area contributed by atoms with Gasteiger partial charge in [-0.3, -0.25) is 4.79 Å². The Morgan fingerprint density at radius 1 is 1.46 bits per heavy atom. The average Bonchev–Trinajstić information content (AvgIpc) is 3.03. The molecule has 2 aromatic rings. The lowest BCUT2D eigenvalue weighted by molar-refractivity contribution is 0.1000. The first-order valence-electron chi connectivity index (χ1n) is 7.56. The maximum Gasteiger partial charge on any atom is 0.250 e. The van der Waals surface area contributed by atoms with E-state index in [1.165, 1.54) is 6.20 Å². The van der Waals surface area contributed by atoms with Crippen LogP contribution in [0.1, 0.15) is 34.8 Å². The number of pyridine rings is 1. The number of primary amides is 1. The molecule has 0 aliphatic carbocycles. The van der Waals surface area contributed by atoms with Gasteiger partial charge in [0.1, 0.15) is 11.6 Å². The minimum absolute atomic E-state index is 0.113. The van der Waals surface area contributed by atoms with E-state index in [1.54, 1.807) is 13.2 Å². The number of methoxy groups -OCH3 is 1. The van der Waals surface area contributed by atoms with Crippen molar-refractivity contribution in [2.24, 2.45) is 5.73 Å². The fourth-order valence-electron chi connectivity index (χ4n) is 3.09. The normalized spacial score (nSPS) is 17.1. The molecule has 0 saturated carbocycles. The van der Waals surface area contributed by atoms with Gasteiger partial charge in [-0.05, 0) is 37.1 Å². The second-order valence-corrected chi connectivity index (χ2v) is 6.95. The highest BCUT2D eigenvalue weighted by molar-refractivity contribution is 9.10. The van der Waals surface area contributed by atoms with Crippen molar-refractivity contribution >= 4 is 39.3 Å². The molecule has 0 spiro atoms. The van der Waals surface area contributed by atoms with Crippen LogP contribution >= 0.6 is 27.5 Å². The van der Waals surface area contributed by atoms with E-state index in [2.05, 4.69) is 31.9 Å². The Morgan fingerprint density at radius 3 is 2.92 bits per heavy atom. The number of rotatable bonds is 4. The molecular weight excluding hydrogens is 394 g/mol. The zero-order chi connectivity index (χ0) is 17.3. The molecule has 0 bridgehead atoms. The molecule has 2 N–H and O–H groups in total. The molecule has 1 aromatic carbocycles. The van der Waals surface area contributed by atoms with Gasteiger partial charge < -0.3 is 15.4 Å². The summed E-state index contributed by atoms with van der Waals surface area (Å²) in [5.74, 6) is 0.953. The van der Waals surface area contributed by atoms with Gasteiger partial charge in [-0.1, -0.05) is 27.5 Å². The van der Waals surface area contributed by atoms with Crippen molar-refractivity contribution in [3.8, 4) is 5.75 Å². The molecule has 126 valence electrons. The molecule has 3 rings (SSSR count). The summed E-state index contributed by atoms with van der Waals surface area (Å²) in [5.41, 5.74) is 6.68. The Hall–Kier alpha value is -1.79. The average molecular weight is 411 g/mol. The van der Waals surface area contributed by atoms with Crippen LogP contribution in [0.5, 0.6) is 5.75 Å². The molecule has 1 saturated heterocycles. The fourth-order valence-corrected chi connectivity index (χ4v) is 3.74. The highest BCUT2D eigenvalue weighted by atomic mass is 79.9. The Morgan fingerprint density at radius 2 is 2.25 bits per heavy atom. The number of benzene rings is 1. The Labute approximate surface area is 153 Å². The van der Waals surface area contributed by atoms with Crippen molar-refractivity contribution in [2.75, 3.05) is 18.6 Å². The summed E-state index contributed by atoms with van der Waals surface area (Å²) in [6.07, 6.45) is 3.47. The quantitative estimate of drug-likeness (QED) is 0.829. The van der Waals surface area contributed by atoms with Crippen molar-refractivity contribution in [1.82, 2.24) is 4.98 Å². The summed E-state index contributed by atoms with van der Waals surface area (Å²) >= 11 is 9.88. The largest absolute Gasteiger partial charge is 0.496 e. The first kappa shape index (κ1) is 17.0. The zero-order valence-electron chi connectivity index (χ0n) is 13.1. The molecule has 7 heteroatoms. The summed E-state index contributed by atoms with van der Waals surface area (Å²) in [4.78, 5) is 17.8. The lowest BCUT2D eigenvalue weighted by atomic mass is 10.0. The summed E-state index contributed by atoms with van der Waals surface area (Å²) in [6, 6.07) is 7.64. The summed E-state index contributed by atoms with van der Waals surface area (Å²) in [7, 11) is 1.67. The van der Waals surface area contributed by atoms with E-state index in [0.29, 0.717) is 16.4 Å². The molecule has 1 aliphatic heterocycles. The number of carbonyl (C=O) groups is 1. The molecule has 5 nitrogen and oxygen atoms in total.